The summed E-state index contributed by atoms with van der Waals surface area (Å²) in [5.41, 5.74) is 2.76. The minimum atomic E-state index is -3.96. The molecule has 0 spiro atoms. The van der Waals surface area contributed by atoms with Crippen molar-refractivity contribution in [3.63, 3.8) is 0 Å². The van der Waals surface area contributed by atoms with Gasteiger partial charge in [-0.25, -0.2) is 21.1 Å². The van der Waals surface area contributed by atoms with Crippen LogP contribution < -0.4 is 5.32 Å². The summed E-state index contributed by atoms with van der Waals surface area (Å²) in [4.78, 5) is 13.7. The van der Waals surface area contributed by atoms with Crippen LogP contribution in [0.3, 0.4) is 0 Å². The van der Waals surface area contributed by atoms with Crippen LogP contribution in [0.4, 0.5) is 5.69 Å². The summed E-state index contributed by atoms with van der Waals surface area (Å²) in [5.74, 6) is -0.615. The number of hydrogen-bond donors (Lipinski definition) is 1. The molecule has 7 nitrogen and oxygen atoms in total. The lowest BCUT2D eigenvalue weighted by Gasteiger charge is -2.28. The highest BCUT2D eigenvalue weighted by molar-refractivity contribution is 7.93. The molecular weight excluding hydrogens is 448 g/mol. The van der Waals surface area contributed by atoms with E-state index in [1.54, 1.807) is 31.2 Å². The average molecular weight is 479 g/mol. The first-order chi connectivity index (χ1) is 14.8. The third-order valence-corrected chi connectivity index (χ3v) is 10.7. The normalized spacial score (nSPS) is 16.3. The topological polar surface area (TPSA) is 101 Å². The average Bonchev–Trinajstić information content (AvgIpc) is 3.23. The van der Waals surface area contributed by atoms with Crippen molar-refractivity contribution in [2.75, 3.05) is 19.4 Å². The van der Waals surface area contributed by atoms with Gasteiger partial charge in [-0.05, 0) is 74.6 Å². The van der Waals surface area contributed by atoms with Crippen LogP contribution in [0.1, 0.15) is 42.4 Å². The number of aryl methyl sites for hydroxylation is 3. The maximum atomic E-state index is 13.7. The summed E-state index contributed by atoms with van der Waals surface area (Å²) in [6.45, 7) is 5.48. The fourth-order valence-corrected chi connectivity index (χ4v) is 7.09. The fraction of sp³-hybridized carbons (Fsp3) is 0.435. The molecule has 174 valence electrons. The molecule has 0 unspecified atom stereocenters. The Morgan fingerprint density at radius 3 is 1.97 bits per heavy atom. The number of sulfonamides is 1. The monoisotopic (exact) mass is 478 g/mol. The number of carbonyl (C=O) groups excluding carboxylic acids is 1. The second kappa shape index (κ2) is 8.61. The van der Waals surface area contributed by atoms with E-state index in [2.05, 4.69) is 5.32 Å². The third kappa shape index (κ3) is 4.09. The molecule has 1 fully saturated rings. The molecule has 32 heavy (non-hydrogen) atoms. The van der Waals surface area contributed by atoms with E-state index >= 15 is 0 Å². The lowest BCUT2D eigenvalue weighted by atomic mass is 10.1. The van der Waals surface area contributed by atoms with Gasteiger partial charge in [0.15, 0.2) is 14.6 Å². The minimum absolute atomic E-state index is 0.0286. The van der Waals surface area contributed by atoms with Crippen LogP contribution in [0.25, 0.3) is 0 Å². The number of amides is 1. The first kappa shape index (κ1) is 24.4. The van der Waals surface area contributed by atoms with Crippen molar-refractivity contribution < 1.29 is 21.6 Å². The van der Waals surface area contributed by atoms with Gasteiger partial charge < -0.3 is 5.32 Å². The molecule has 0 heterocycles. The Morgan fingerprint density at radius 1 is 0.844 bits per heavy atom. The number of hydrogen-bond acceptors (Lipinski definition) is 5. The maximum absolute atomic E-state index is 13.7. The van der Waals surface area contributed by atoms with E-state index in [-0.39, 0.29) is 22.6 Å². The Labute approximate surface area is 190 Å². The van der Waals surface area contributed by atoms with Crippen LogP contribution in [0.2, 0.25) is 0 Å². The van der Waals surface area contributed by atoms with Crippen molar-refractivity contribution in [1.29, 1.82) is 0 Å². The highest BCUT2D eigenvalue weighted by Gasteiger charge is 2.53. The van der Waals surface area contributed by atoms with Crippen molar-refractivity contribution in [2.24, 2.45) is 0 Å². The minimum Gasteiger partial charge on any atom is -0.324 e. The van der Waals surface area contributed by atoms with Gasteiger partial charge in [0.1, 0.15) is 0 Å². The molecule has 3 rings (SSSR count). The van der Waals surface area contributed by atoms with E-state index in [1.807, 2.05) is 13.8 Å². The van der Waals surface area contributed by atoms with Crippen LogP contribution in [0, 0.1) is 20.8 Å². The molecule has 1 aliphatic rings. The second-order valence-electron chi connectivity index (χ2n) is 8.67. The molecule has 9 heteroatoms. The number of nitrogens with zero attached hydrogens (tertiary/aromatic N) is 1. The molecular formula is C23H30N2O5S2. The third-order valence-electron chi connectivity index (χ3n) is 6.36. The van der Waals surface area contributed by atoms with Gasteiger partial charge in [0.2, 0.25) is 15.9 Å². The lowest BCUT2D eigenvalue weighted by Crippen LogP contribution is -2.47. The Kier molecular flexibility index (Phi) is 6.57. The van der Waals surface area contributed by atoms with E-state index < -0.39 is 30.5 Å². The molecule has 2 aromatic carbocycles. The smallest absolute Gasteiger partial charge is 0.246 e. The molecule has 0 atom stereocenters. The largest absolute Gasteiger partial charge is 0.324 e. The van der Waals surface area contributed by atoms with Crippen LogP contribution in [-0.2, 0) is 24.7 Å². The van der Waals surface area contributed by atoms with Crippen LogP contribution in [-0.4, -0.2) is 45.9 Å². The first-order valence-corrected chi connectivity index (χ1v) is 13.4. The zero-order valence-electron chi connectivity index (χ0n) is 19.1. The Balaban J connectivity index is 2.04. The quantitative estimate of drug-likeness (QED) is 0.684. The zero-order valence-corrected chi connectivity index (χ0v) is 20.7. The predicted molar refractivity (Wildman–Crippen MR) is 125 cm³/mol. The van der Waals surface area contributed by atoms with Crippen LogP contribution >= 0.6 is 0 Å². The van der Waals surface area contributed by atoms with Gasteiger partial charge >= 0.3 is 0 Å². The van der Waals surface area contributed by atoms with Crippen molar-refractivity contribution in [2.45, 2.75) is 61.0 Å². The van der Waals surface area contributed by atoms with Crippen LogP contribution in [0.5, 0.6) is 0 Å². The standard InChI is InChI=1S/C23H30N2O5S2/c1-16-8-10-19(14-18(16)3)31(27,28)23(12-6-7-13-23)22(26)24-21-15-20(11-9-17(21)2)32(29,30)25(4)5/h8-11,14-15H,6-7,12-13H2,1-5H3,(H,24,26). The second-order valence-corrected chi connectivity index (χ2v) is 13.1. The summed E-state index contributed by atoms with van der Waals surface area (Å²) < 4.78 is 51.9. The van der Waals surface area contributed by atoms with Gasteiger partial charge in [0, 0.05) is 19.8 Å². The highest BCUT2D eigenvalue weighted by Crippen LogP contribution is 2.42. The fourth-order valence-electron chi connectivity index (χ4n) is 4.01. The molecule has 1 N–H and O–H groups in total. The van der Waals surface area contributed by atoms with Crippen LogP contribution in [0.15, 0.2) is 46.2 Å². The SMILES string of the molecule is Cc1ccc(S(=O)(=O)C2(C(=O)Nc3cc(S(=O)(=O)N(C)C)ccc3C)CCCC2)cc1C. The summed E-state index contributed by atoms with van der Waals surface area (Å²) in [6.07, 6.45) is 1.71. The number of nitrogens with one attached hydrogen (secondary N) is 1. The lowest BCUT2D eigenvalue weighted by molar-refractivity contribution is -0.118. The van der Waals surface area contributed by atoms with E-state index in [9.17, 15) is 21.6 Å². The van der Waals surface area contributed by atoms with E-state index in [0.29, 0.717) is 24.1 Å². The van der Waals surface area contributed by atoms with E-state index in [1.165, 1.54) is 26.2 Å². The molecule has 2 aromatic rings. The summed E-state index contributed by atoms with van der Waals surface area (Å²) >= 11 is 0. The first-order valence-electron chi connectivity index (χ1n) is 10.5. The molecule has 1 aliphatic carbocycles. The van der Waals surface area contributed by atoms with Gasteiger partial charge in [-0.1, -0.05) is 25.0 Å². The molecule has 0 saturated heterocycles. The van der Waals surface area contributed by atoms with Gasteiger partial charge in [-0.3, -0.25) is 4.79 Å². The van der Waals surface area contributed by atoms with Gasteiger partial charge in [-0.2, -0.15) is 0 Å². The Morgan fingerprint density at radius 2 is 1.41 bits per heavy atom. The van der Waals surface area contributed by atoms with Crippen molar-refractivity contribution in [1.82, 2.24) is 4.31 Å². The Hall–Kier alpha value is -2.23. The van der Waals surface area contributed by atoms with Gasteiger partial charge in [0.25, 0.3) is 0 Å². The number of sulfone groups is 1. The molecule has 0 aromatic heterocycles. The molecule has 0 bridgehead atoms. The number of benzene rings is 2. The summed E-state index contributed by atoms with van der Waals surface area (Å²) in [5, 5.41) is 2.75. The summed E-state index contributed by atoms with van der Waals surface area (Å²) in [7, 11) is -4.81. The Bertz CT molecular complexity index is 1260. The van der Waals surface area contributed by atoms with E-state index in [4.69, 9.17) is 0 Å². The zero-order chi connectivity index (χ0) is 23.9. The van der Waals surface area contributed by atoms with Crippen molar-refractivity contribution in [3.8, 4) is 0 Å². The number of anilines is 1. The molecule has 0 aliphatic heterocycles. The molecule has 1 amide bonds. The van der Waals surface area contributed by atoms with Crippen molar-refractivity contribution in [3.05, 3.63) is 53.1 Å². The number of rotatable bonds is 6. The summed E-state index contributed by atoms with van der Waals surface area (Å²) in [6, 6.07) is 9.38. The van der Waals surface area contributed by atoms with Gasteiger partial charge in [0.05, 0.1) is 9.79 Å². The van der Waals surface area contributed by atoms with E-state index in [0.717, 1.165) is 15.4 Å². The predicted octanol–water partition coefficient (Wildman–Crippen LogP) is 3.59. The molecule has 0 radical (unpaired) electrons. The maximum Gasteiger partial charge on any atom is 0.246 e. The van der Waals surface area contributed by atoms with Crippen molar-refractivity contribution >= 4 is 31.5 Å². The van der Waals surface area contributed by atoms with Gasteiger partial charge in [-0.15, -0.1) is 0 Å². The molecule has 1 saturated carbocycles. The highest BCUT2D eigenvalue weighted by atomic mass is 32.2. The number of carbonyl (C=O) groups is 1.